The van der Waals surface area contributed by atoms with Gasteiger partial charge < -0.3 is 10.0 Å². The summed E-state index contributed by atoms with van der Waals surface area (Å²) in [4.78, 5) is 23.8. The van der Waals surface area contributed by atoms with Crippen LogP contribution in [0.1, 0.15) is 24.5 Å². The van der Waals surface area contributed by atoms with E-state index in [0.717, 1.165) is 23.2 Å². The van der Waals surface area contributed by atoms with Crippen LogP contribution in [0.25, 0.3) is 0 Å². The number of anilines is 1. The quantitative estimate of drug-likeness (QED) is 0.861. The van der Waals surface area contributed by atoms with E-state index in [1.54, 1.807) is 11.8 Å². The van der Waals surface area contributed by atoms with Gasteiger partial charge in [-0.05, 0) is 30.0 Å². The zero-order chi connectivity index (χ0) is 14.0. The number of nitrogens with zero attached hydrogens (tertiary/aromatic N) is 1. The monoisotopic (exact) mass is 281 g/mol. The second-order valence-corrected chi connectivity index (χ2v) is 5.40. The summed E-state index contributed by atoms with van der Waals surface area (Å²) in [5.41, 5.74) is 3.11. The lowest BCUT2D eigenvalue weighted by atomic mass is 10.0. The van der Waals surface area contributed by atoms with Gasteiger partial charge in [0.25, 0.3) is 0 Å². The van der Waals surface area contributed by atoms with E-state index in [1.165, 1.54) is 0 Å². The van der Waals surface area contributed by atoms with E-state index in [0.29, 0.717) is 13.0 Å². The van der Waals surface area contributed by atoms with Crippen LogP contribution in [0, 0.1) is 0 Å². The van der Waals surface area contributed by atoms with Crippen LogP contribution in [0.2, 0.25) is 0 Å². The molecule has 1 heterocycles. The van der Waals surface area contributed by atoms with E-state index < -0.39 is 11.3 Å². The Hall–Kier alpha value is -1.55. The molecule has 0 fully saturated rings. The molecule has 1 N–H and O–H groups in total. The van der Waals surface area contributed by atoms with Gasteiger partial charge in [-0.1, -0.05) is 12.1 Å². The first-order chi connectivity index (χ1) is 8.97. The Labute approximate surface area is 117 Å². The second kappa shape index (κ2) is 5.61. The SMILES string of the molecule is CC(=O)N1CCc2cc(CC(Cl)CC(=O)O)ccc21. The van der Waals surface area contributed by atoms with Crippen molar-refractivity contribution in [3.05, 3.63) is 29.3 Å². The molecule has 0 aliphatic carbocycles. The van der Waals surface area contributed by atoms with Gasteiger partial charge in [0.2, 0.25) is 5.91 Å². The van der Waals surface area contributed by atoms with Crippen LogP contribution in [0.4, 0.5) is 5.69 Å². The molecule has 4 nitrogen and oxygen atoms in total. The highest BCUT2D eigenvalue weighted by Gasteiger charge is 2.22. The summed E-state index contributed by atoms with van der Waals surface area (Å²) < 4.78 is 0. The van der Waals surface area contributed by atoms with Gasteiger partial charge in [0, 0.05) is 24.5 Å². The van der Waals surface area contributed by atoms with Gasteiger partial charge in [0.15, 0.2) is 0 Å². The largest absolute Gasteiger partial charge is 0.481 e. The third-order valence-corrected chi connectivity index (χ3v) is 3.58. The van der Waals surface area contributed by atoms with Gasteiger partial charge in [-0.25, -0.2) is 0 Å². The van der Waals surface area contributed by atoms with Crippen LogP contribution in [0.5, 0.6) is 0 Å². The molecule has 2 rings (SSSR count). The average Bonchev–Trinajstić information content (AvgIpc) is 2.70. The van der Waals surface area contributed by atoms with Crippen molar-refractivity contribution in [1.82, 2.24) is 0 Å². The lowest BCUT2D eigenvalue weighted by Gasteiger charge is -2.15. The first-order valence-electron chi connectivity index (χ1n) is 6.23. The number of alkyl halides is 1. The summed E-state index contributed by atoms with van der Waals surface area (Å²) in [5, 5.41) is 8.28. The molecule has 1 aromatic carbocycles. The maximum atomic E-state index is 11.4. The van der Waals surface area contributed by atoms with Crippen LogP contribution in [0.3, 0.4) is 0 Å². The highest BCUT2D eigenvalue weighted by molar-refractivity contribution is 6.21. The fraction of sp³-hybridized carbons (Fsp3) is 0.429. The first kappa shape index (κ1) is 13.9. The van der Waals surface area contributed by atoms with E-state index in [-0.39, 0.29) is 12.3 Å². The number of rotatable bonds is 4. The zero-order valence-electron chi connectivity index (χ0n) is 10.7. The van der Waals surface area contributed by atoms with Crippen LogP contribution < -0.4 is 4.90 Å². The number of aliphatic carboxylic acids is 1. The molecule has 19 heavy (non-hydrogen) atoms. The second-order valence-electron chi connectivity index (χ2n) is 4.78. The van der Waals surface area contributed by atoms with Crippen molar-refractivity contribution in [1.29, 1.82) is 0 Å². The van der Waals surface area contributed by atoms with Gasteiger partial charge >= 0.3 is 5.97 Å². The van der Waals surface area contributed by atoms with Gasteiger partial charge in [0.05, 0.1) is 6.42 Å². The Kier molecular flexibility index (Phi) is 4.10. The average molecular weight is 282 g/mol. The summed E-state index contributed by atoms with van der Waals surface area (Å²) in [7, 11) is 0. The molecule has 0 bridgehead atoms. The first-order valence-corrected chi connectivity index (χ1v) is 6.67. The summed E-state index contributed by atoms with van der Waals surface area (Å²) in [6.07, 6.45) is 1.33. The Morgan fingerprint density at radius 2 is 2.21 bits per heavy atom. The summed E-state index contributed by atoms with van der Waals surface area (Å²) in [6, 6.07) is 5.86. The minimum Gasteiger partial charge on any atom is -0.481 e. The Morgan fingerprint density at radius 1 is 1.47 bits per heavy atom. The Morgan fingerprint density at radius 3 is 2.84 bits per heavy atom. The predicted molar refractivity (Wildman–Crippen MR) is 73.8 cm³/mol. The number of halogens is 1. The summed E-state index contributed by atoms with van der Waals surface area (Å²) >= 11 is 6.00. The van der Waals surface area contributed by atoms with Gasteiger partial charge in [-0.15, -0.1) is 11.6 Å². The normalized spacial score (nSPS) is 15.2. The number of carbonyl (C=O) groups is 2. The molecule has 1 amide bonds. The number of benzene rings is 1. The smallest absolute Gasteiger partial charge is 0.304 e. The molecule has 1 unspecified atom stereocenters. The molecule has 0 spiro atoms. The zero-order valence-corrected chi connectivity index (χ0v) is 11.5. The maximum absolute atomic E-state index is 11.4. The Balaban J connectivity index is 2.10. The van der Waals surface area contributed by atoms with Crippen LogP contribution in [-0.2, 0) is 22.4 Å². The van der Waals surface area contributed by atoms with Crippen LogP contribution in [0.15, 0.2) is 18.2 Å². The molecule has 1 aliphatic rings. The number of hydrogen-bond acceptors (Lipinski definition) is 2. The molecule has 0 saturated heterocycles. The van der Waals surface area contributed by atoms with Crippen molar-refractivity contribution in [2.45, 2.75) is 31.6 Å². The van der Waals surface area contributed by atoms with Crippen LogP contribution >= 0.6 is 11.6 Å². The van der Waals surface area contributed by atoms with Gasteiger partial charge in [-0.3, -0.25) is 9.59 Å². The molecule has 102 valence electrons. The molecular weight excluding hydrogens is 266 g/mol. The highest BCUT2D eigenvalue weighted by atomic mass is 35.5. The predicted octanol–water partition coefficient (Wildman–Crippen LogP) is 2.22. The van der Waals surface area contributed by atoms with E-state index in [9.17, 15) is 9.59 Å². The lowest BCUT2D eigenvalue weighted by molar-refractivity contribution is -0.137. The molecular formula is C14H16ClNO3. The van der Waals surface area contributed by atoms with Crippen molar-refractivity contribution in [3.63, 3.8) is 0 Å². The standard InChI is InChI=1S/C14H16ClNO3/c1-9(17)16-5-4-11-6-10(2-3-13(11)16)7-12(15)8-14(18)19/h2-3,6,12H,4-5,7-8H2,1H3,(H,18,19). The van der Waals surface area contributed by atoms with E-state index in [4.69, 9.17) is 16.7 Å². The Bertz CT molecular complexity index is 515. The molecule has 1 aromatic rings. The van der Waals surface area contributed by atoms with E-state index >= 15 is 0 Å². The van der Waals surface area contributed by atoms with Crippen molar-refractivity contribution >= 4 is 29.2 Å². The van der Waals surface area contributed by atoms with Crippen molar-refractivity contribution < 1.29 is 14.7 Å². The third kappa shape index (κ3) is 3.26. The molecule has 1 atom stereocenters. The number of hydrogen-bond donors (Lipinski definition) is 1. The number of carboxylic acids is 1. The van der Waals surface area contributed by atoms with Crippen molar-refractivity contribution in [3.8, 4) is 0 Å². The molecule has 5 heteroatoms. The van der Waals surface area contributed by atoms with E-state index in [2.05, 4.69) is 0 Å². The number of amides is 1. The maximum Gasteiger partial charge on any atom is 0.304 e. The number of carboxylic acid groups (broad SMARTS) is 1. The third-order valence-electron chi connectivity index (χ3n) is 3.27. The van der Waals surface area contributed by atoms with Crippen molar-refractivity contribution in [2.75, 3.05) is 11.4 Å². The van der Waals surface area contributed by atoms with Crippen molar-refractivity contribution in [2.24, 2.45) is 0 Å². The highest BCUT2D eigenvalue weighted by Crippen LogP contribution is 2.29. The fourth-order valence-corrected chi connectivity index (χ4v) is 2.74. The van der Waals surface area contributed by atoms with Gasteiger partial charge in [-0.2, -0.15) is 0 Å². The molecule has 0 aromatic heterocycles. The fourth-order valence-electron chi connectivity index (χ4n) is 2.43. The molecule has 0 radical (unpaired) electrons. The van der Waals surface area contributed by atoms with Crippen LogP contribution in [-0.4, -0.2) is 28.9 Å². The molecule has 0 saturated carbocycles. The molecule has 1 aliphatic heterocycles. The summed E-state index contributed by atoms with van der Waals surface area (Å²) in [5.74, 6) is -0.837. The number of carbonyl (C=O) groups excluding carboxylic acids is 1. The minimum atomic E-state index is -0.885. The van der Waals surface area contributed by atoms with Gasteiger partial charge in [0.1, 0.15) is 0 Å². The van der Waals surface area contributed by atoms with E-state index in [1.807, 2.05) is 18.2 Å². The number of fused-ring (bicyclic) bond motifs is 1. The summed E-state index contributed by atoms with van der Waals surface area (Å²) in [6.45, 7) is 2.28. The minimum absolute atomic E-state index is 0.0434. The topological polar surface area (TPSA) is 57.6 Å². The lowest BCUT2D eigenvalue weighted by Crippen LogP contribution is -2.25.